The molecule has 7 heteroatoms. The van der Waals surface area contributed by atoms with Gasteiger partial charge in [0.15, 0.2) is 0 Å². The van der Waals surface area contributed by atoms with Gasteiger partial charge in [-0.2, -0.15) is 10.4 Å². The first-order valence-electron chi connectivity index (χ1n) is 10.2. The van der Waals surface area contributed by atoms with Crippen LogP contribution in [0.5, 0.6) is 5.88 Å². The number of hydrogen-bond donors (Lipinski definition) is 1. The molecule has 2 fully saturated rings. The number of carbonyl (C=O) groups is 1. The number of nitrogens with zero attached hydrogens (tertiary/aromatic N) is 4. The van der Waals surface area contributed by atoms with E-state index in [-0.39, 0.29) is 17.7 Å². The van der Waals surface area contributed by atoms with Crippen molar-refractivity contribution in [2.75, 3.05) is 11.4 Å². The second-order valence-corrected chi connectivity index (χ2v) is 8.00. The molecule has 1 aromatic heterocycles. The molecular formula is C22H23N5O2. The van der Waals surface area contributed by atoms with Gasteiger partial charge in [0.25, 0.3) is 0 Å². The minimum atomic E-state index is -0.317. The maximum Gasteiger partial charge on any atom is 0.226 e. The van der Waals surface area contributed by atoms with E-state index in [9.17, 15) is 10.1 Å². The van der Waals surface area contributed by atoms with E-state index in [1.807, 2.05) is 40.8 Å². The van der Waals surface area contributed by atoms with Crippen LogP contribution in [-0.4, -0.2) is 22.2 Å². The van der Waals surface area contributed by atoms with Gasteiger partial charge in [0, 0.05) is 18.7 Å². The lowest BCUT2D eigenvalue weighted by Crippen LogP contribution is -2.35. The fraction of sp³-hybridized carbons (Fsp3) is 0.409. The number of aromatic nitrogens is 2. The van der Waals surface area contributed by atoms with Gasteiger partial charge in [0.05, 0.1) is 23.2 Å². The zero-order valence-corrected chi connectivity index (χ0v) is 16.4. The summed E-state index contributed by atoms with van der Waals surface area (Å²) in [4.78, 5) is 14.1. The summed E-state index contributed by atoms with van der Waals surface area (Å²) in [5, 5.41) is 14.5. The summed E-state index contributed by atoms with van der Waals surface area (Å²) in [5.41, 5.74) is 10.1. The Morgan fingerprint density at radius 3 is 2.66 bits per heavy atom. The van der Waals surface area contributed by atoms with E-state index in [1.165, 1.54) is 0 Å². The van der Waals surface area contributed by atoms with E-state index < -0.39 is 0 Å². The van der Waals surface area contributed by atoms with E-state index in [1.54, 1.807) is 0 Å². The van der Waals surface area contributed by atoms with Crippen LogP contribution >= 0.6 is 0 Å². The van der Waals surface area contributed by atoms with Crippen LogP contribution in [-0.2, 0) is 4.79 Å². The summed E-state index contributed by atoms with van der Waals surface area (Å²) in [7, 11) is 0. The molecule has 1 atom stereocenters. The Morgan fingerprint density at radius 1 is 1.24 bits per heavy atom. The molecule has 5 rings (SSSR count). The zero-order valence-electron chi connectivity index (χ0n) is 16.4. The van der Waals surface area contributed by atoms with Gasteiger partial charge in [-0.15, -0.1) is 0 Å². The lowest BCUT2D eigenvalue weighted by atomic mass is 9.84. The van der Waals surface area contributed by atoms with Gasteiger partial charge in [-0.05, 0) is 50.3 Å². The summed E-state index contributed by atoms with van der Waals surface area (Å²) in [5.74, 6) is 0.645. The highest BCUT2D eigenvalue weighted by atomic mass is 16.5. The first-order chi connectivity index (χ1) is 14.1. The fourth-order valence-corrected chi connectivity index (χ4v) is 4.36. The lowest BCUT2D eigenvalue weighted by Gasteiger charge is -2.28. The molecule has 0 radical (unpaired) electrons. The Labute approximate surface area is 169 Å². The number of anilines is 1. The number of nitriles is 1. The molecule has 2 N–H and O–H groups in total. The van der Waals surface area contributed by atoms with Gasteiger partial charge in [-0.1, -0.05) is 12.1 Å². The van der Waals surface area contributed by atoms with Crippen molar-refractivity contribution in [2.45, 2.75) is 51.0 Å². The van der Waals surface area contributed by atoms with Crippen LogP contribution in [0.4, 0.5) is 5.69 Å². The molecular weight excluding hydrogens is 366 g/mol. The average molecular weight is 389 g/mol. The van der Waals surface area contributed by atoms with E-state index in [0.29, 0.717) is 23.9 Å². The van der Waals surface area contributed by atoms with Gasteiger partial charge < -0.3 is 15.4 Å². The standard InChI is InChI=1S/C22H23N5O2/c1-13-19-20(14-5-7-15(8-6-14)26-11-3-2-4-18(26)28)17(12-23)21(24)29-22(19)27(25-13)16-9-10-16/h5-8,16,20H,2-4,9-11,24H2,1H3. The number of nitrogens with two attached hydrogens (primary N) is 1. The molecule has 1 unspecified atom stereocenters. The Balaban J connectivity index is 1.56. The van der Waals surface area contributed by atoms with Crippen LogP contribution in [0.1, 0.15) is 60.9 Å². The Hall–Kier alpha value is -3.27. The summed E-state index contributed by atoms with van der Waals surface area (Å²) in [6, 6.07) is 10.5. The molecule has 3 heterocycles. The molecule has 3 aliphatic rings. The number of aryl methyl sites for hydroxylation is 1. The molecule has 1 aliphatic carbocycles. The van der Waals surface area contributed by atoms with Crippen LogP contribution in [0.25, 0.3) is 0 Å². The van der Waals surface area contributed by atoms with Crippen LogP contribution in [0.15, 0.2) is 35.7 Å². The highest BCUT2D eigenvalue weighted by molar-refractivity contribution is 5.94. The molecule has 1 amide bonds. The highest BCUT2D eigenvalue weighted by Crippen LogP contribution is 2.48. The number of piperidine rings is 1. The minimum Gasteiger partial charge on any atom is -0.422 e. The van der Waals surface area contributed by atoms with Gasteiger partial charge >= 0.3 is 0 Å². The molecule has 1 saturated heterocycles. The predicted molar refractivity (Wildman–Crippen MR) is 107 cm³/mol. The SMILES string of the molecule is Cc1nn(C2CC2)c2c1C(c1ccc(N3CCCCC3=O)cc1)C(C#N)=C(N)O2. The number of amides is 1. The lowest BCUT2D eigenvalue weighted by molar-refractivity contribution is -0.119. The molecule has 1 saturated carbocycles. The van der Waals surface area contributed by atoms with Crippen LogP contribution in [0.2, 0.25) is 0 Å². The van der Waals surface area contributed by atoms with Crippen molar-refractivity contribution in [1.29, 1.82) is 5.26 Å². The molecule has 2 aromatic rings. The maximum absolute atomic E-state index is 12.2. The quantitative estimate of drug-likeness (QED) is 0.869. The van der Waals surface area contributed by atoms with Crippen LogP contribution < -0.4 is 15.4 Å². The summed E-state index contributed by atoms with van der Waals surface area (Å²) < 4.78 is 7.77. The molecule has 148 valence electrons. The van der Waals surface area contributed by atoms with E-state index in [4.69, 9.17) is 10.5 Å². The molecule has 1 aromatic carbocycles. The Morgan fingerprint density at radius 2 is 2.00 bits per heavy atom. The number of carbonyl (C=O) groups excluding carboxylic acids is 1. The number of fused-ring (bicyclic) bond motifs is 1. The maximum atomic E-state index is 12.2. The second kappa shape index (κ2) is 6.66. The van der Waals surface area contributed by atoms with Crippen LogP contribution in [0, 0.1) is 18.3 Å². The van der Waals surface area contributed by atoms with Gasteiger partial charge in [-0.25, -0.2) is 4.68 Å². The average Bonchev–Trinajstić information content (AvgIpc) is 3.52. The van der Waals surface area contributed by atoms with Gasteiger partial charge in [-0.3, -0.25) is 4.79 Å². The predicted octanol–water partition coefficient (Wildman–Crippen LogP) is 3.26. The van der Waals surface area contributed by atoms with Crippen molar-refractivity contribution in [2.24, 2.45) is 5.73 Å². The van der Waals surface area contributed by atoms with E-state index >= 15 is 0 Å². The number of rotatable bonds is 3. The smallest absolute Gasteiger partial charge is 0.226 e. The minimum absolute atomic E-state index is 0.141. The van der Waals surface area contributed by atoms with E-state index in [0.717, 1.165) is 54.7 Å². The van der Waals surface area contributed by atoms with Gasteiger partial charge in [0.1, 0.15) is 11.6 Å². The summed E-state index contributed by atoms with van der Waals surface area (Å²) in [6.45, 7) is 2.70. The fourth-order valence-electron chi connectivity index (χ4n) is 4.36. The number of allylic oxidation sites excluding steroid dienone is 1. The number of ether oxygens (including phenoxy) is 1. The summed E-state index contributed by atoms with van der Waals surface area (Å²) >= 11 is 0. The first-order valence-corrected chi connectivity index (χ1v) is 10.2. The summed E-state index contributed by atoms with van der Waals surface area (Å²) in [6.07, 6.45) is 4.73. The monoisotopic (exact) mass is 389 g/mol. The second-order valence-electron chi connectivity index (χ2n) is 8.00. The largest absolute Gasteiger partial charge is 0.422 e. The van der Waals surface area contributed by atoms with Crippen molar-refractivity contribution in [3.8, 4) is 11.9 Å². The third kappa shape index (κ3) is 2.87. The van der Waals surface area contributed by atoms with Crippen molar-refractivity contribution >= 4 is 11.6 Å². The van der Waals surface area contributed by atoms with Crippen molar-refractivity contribution in [3.63, 3.8) is 0 Å². The zero-order chi connectivity index (χ0) is 20.1. The van der Waals surface area contributed by atoms with Crippen molar-refractivity contribution in [3.05, 3.63) is 52.5 Å². The van der Waals surface area contributed by atoms with Crippen molar-refractivity contribution in [1.82, 2.24) is 9.78 Å². The van der Waals surface area contributed by atoms with Crippen molar-refractivity contribution < 1.29 is 9.53 Å². The molecule has 0 spiro atoms. The first kappa shape index (κ1) is 17.8. The Kier molecular flexibility index (Phi) is 4.09. The third-order valence-electron chi connectivity index (χ3n) is 6.01. The highest BCUT2D eigenvalue weighted by Gasteiger charge is 2.39. The van der Waals surface area contributed by atoms with Crippen LogP contribution in [0.3, 0.4) is 0 Å². The molecule has 0 bridgehead atoms. The molecule has 2 aliphatic heterocycles. The number of benzene rings is 1. The van der Waals surface area contributed by atoms with Gasteiger partial charge in [0.2, 0.25) is 17.7 Å². The van der Waals surface area contributed by atoms with E-state index in [2.05, 4.69) is 11.2 Å². The third-order valence-corrected chi connectivity index (χ3v) is 6.01. The topological polar surface area (TPSA) is 97.2 Å². The molecule has 7 nitrogen and oxygen atoms in total. The molecule has 29 heavy (non-hydrogen) atoms. The normalized spacial score (nSPS) is 21.6. The Bertz CT molecular complexity index is 1060. The number of hydrogen-bond acceptors (Lipinski definition) is 5.